The fourth-order valence-corrected chi connectivity index (χ4v) is 2.59. The van der Waals surface area contributed by atoms with Crippen LogP contribution in [-0.2, 0) is 14.4 Å². The molecular weight excluding hydrogens is 248 g/mol. The molecule has 1 saturated heterocycles. The summed E-state index contributed by atoms with van der Waals surface area (Å²) in [6.45, 7) is 4.31. The van der Waals surface area contributed by atoms with E-state index in [1.807, 2.05) is 0 Å². The van der Waals surface area contributed by atoms with Gasteiger partial charge < -0.3 is 21.3 Å². The maximum absolute atomic E-state index is 12.3. The lowest BCUT2D eigenvalue weighted by molar-refractivity contribution is -0.146. The minimum absolute atomic E-state index is 0.277. The lowest BCUT2D eigenvalue weighted by atomic mass is 9.72. The van der Waals surface area contributed by atoms with Crippen LogP contribution in [-0.4, -0.2) is 50.4 Å². The van der Waals surface area contributed by atoms with Crippen LogP contribution in [0.1, 0.15) is 13.8 Å². The Kier molecular flexibility index (Phi) is 4.88. The Balaban J connectivity index is 3.19. The minimum Gasteiger partial charge on any atom is -0.359 e. The van der Waals surface area contributed by atoms with Gasteiger partial charge in [-0.25, -0.2) is 0 Å². The molecule has 108 valence electrons. The lowest BCUT2D eigenvalue weighted by Gasteiger charge is -2.44. The van der Waals surface area contributed by atoms with Gasteiger partial charge in [0.15, 0.2) is 0 Å². The van der Waals surface area contributed by atoms with E-state index in [4.69, 9.17) is 0 Å². The van der Waals surface area contributed by atoms with Crippen LogP contribution in [0.2, 0.25) is 0 Å². The standard InChI is InChI=1S/C12H22N4O3/c1-7(9(17)13-3)12(8(2)10(18)14-4)11(19)15-5-6-16-12/h7-8,16H,5-6H2,1-4H3,(H,13,17)(H,14,18)(H,15,19). The fourth-order valence-electron chi connectivity index (χ4n) is 2.59. The maximum atomic E-state index is 12.3. The zero-order chi connectivity index (χ0) is 14.6. The summed E-state index contributed by atoms with van der Waals surface area (Å²) in [5.41, 5.74) is -1.22. The number of carbonyl (C=O) groups is 3. The first-order chi connectivity index (χ1) is 8.91. The van der Waals surface area contributed by atoms with Gasteiger partial charge in [0.25, 0.3) is 0 Å². The minimum atomic E-state index is -1.22. The third-order valence-electron chi connectivity index (χ3n) is 3.85. The molecule has 1 rings (SSSR count). The number of hydrogen-bond acceptors (Lipinski definition) is 4. The van der Waals surface area contributed by atoms with E-state index in [1.165, 1.54) is 14.1 Å². The normalized spacial score (nSPS) is 26.0. The first-order valence-corrected chi connectivity index (χ1v) is 6.38. The third kappa shape index (κ3) is 2.56. The number of carbonyl (C=O) groups excluding carboxylic acids is 3. The van der Waals surface area contributed by atoms with E-state index in [9.17, 15) is 14.4 Å². The van der Waals surface area contributed by atoms with E-state index < -0.39 is 17.4 Å². The first kappa shape index (κ1) is 15.4. The van der Waals surface area contributed by atoms with Gasteiger partial charge in [-0.1, -0.05) is 13.8 Å². The van der Waals surface area contributed by atoms with Crippen molar-refractivity contribution in [1.82, 2.24) is 21.3 Å². The average molecular weight is 270 g/mol. The van der Waals surface area contributed by atoms with Gasteiger partial charge in [0.2, 0.25) is 17.7 Å². The second kappa shape index (κ2) is 6.01. The van der Waals surface area contributed by atoms with Crippen molar-refractivity contribution in [2.24, 2.45) is 11.8 Å². The van der Waals surface area contributed by atoms with Gasteiger partial charge in [-0.05, 0) is 0 Å². The highest BCUT2D eigenvalue weighted by Crippen LogP contribution is 2.29. The van der Waals surface area contributed by atoms with Gasteiger partial charge in [-0.3, -0.25) is 14.4 Å². The summed E-state index contributed by atoms with van der Waals surface area (Å²) in [5.74, 6) is -2.19. The molecule has 0 aliphatic carbocycles. The predicted octanol–water partition coefficient (Wildman–Crippen LogP) is -1.79. The van der Waals surface area contributed by atoms with Crippen molar-refractivity contribution in [3.63, 3.8) is 0 Å². The molecule has 7 nitrogen and oxygen atoms in total. The van der Waals surface area contributed by atoms with E-state index in [1.54, 1.807) is 13.8 Å². The fraction of sp³-hybridized carbons (Fsp3) is 0.750. The highest BCUT2D eigenvalue weighted by molar-refractivity contribution is 5.99. The smallest absolute Gasteiger partial charge is 0.241 e. The third-order valence-corrected chi connectivity index (χ3v) is 3.85. The van der Waals surface area contributed by atoms with Crippen LogP contribution in [0.15, 0.2) is 0 Å². The van der Waals surface area contributed by atoms with Gasteiger partial charge in [0.1, 0.15) is 5.54 Å². The van der Waals surface area contributed by atoms with Crippen LogP contribution in [0.4, 0.5) is 0 Å². The molecule has 0 spiro atoms. The topological polar surface area (TPSA) is 99.3 Å². The second-order valence-corrected chi connectivity index (χ2v) is 4.72. The summed E-state index contributed by atoms with van der Waals surface area (Å²) in [7, 11) is 3.02. The van der Waals surface area contributed by atoms with Crippen LogP contribution in [0.3, 0.4) is 0 Å². The van der Waals surface area contributed by atoms with Crippen LogP contribution in [0, 0.1) is 11.8 Å². The Labute approximate surface area is 112 Å². The molecule has 0 saturated carbocycles. The molecule has 1 heterocycles. The van der Waals surface area contributed by atoms with Crippen molar-refractivity contribution in [2.75, 3.05) is 27.2 Å². The van der Waals surface area contributed by atoms with Crippen molar-refractivity contribution < 1.29 is 14.4 Å². The molecule has 0 aromatic rings. The Morgan fingerprint density at radius 3 is 1.95 bits per heavy atom. The molecule has 0 aromatic carbocycles. The van der Waals surface area contributed by atoms with Crippen molar-refractivity contribution in [1.29, 1.82) is 0 Å². The molecule has 1 aliphatic heterocycles. The van der Waals surface area contributed by atoms with Crippen LogP contribution in [0.25, 0.3) is 0 Å². The largest absolute Gasteiger partial charge is 0.359 e. The molecule has 0 radical (unpaired) electrons. The highest BCUT2D eigenvalue weighted by atomic mass is 16.2. The van der Waals surface area contributed by atoms with Crippen molar-refractivity contribution >= 4 is 17.7 Å². The van der Waals surface area contributed by atoms with Gasteiger partial charge >= 0.3 is 0 Å². The van der Waals surface area contributed by atoms with Gasteiger partial charge in [-0.2, -0.15) is 0 Å². The summed E-state index contributed by atoms with van der Waals surface area (Å²) in [4.78, 5) is 36.1. The molecule has 7 heteroatoms. The lowest BCUT2D eigenvalue weighted by Crippen LogP contribution is -2.72. The molecule has 0 bridgehead atoms. The van der Waals surface area contributed by atoms with Gasteiger partial charge in [0, 0.05) is 27.2 Å². The summed E-state index contributed by atoms with van der Waals surface area (Å²) in [6, 6.07) is 0. The van der Waals surface area contributed by atoms with E-state index in [2.05, 4.69) is 21.3 Å². The van der Waals surface area contributed by atoms with E-state index in [-0.39, 0.29) is 17.7 Å². The maximum Gasteiger partial charge on any atom is 0.241 e. The van der Waals surface area contributed by atoms with E-state index in [0.29, 0.717) is 13.1 Å². The number of amides is 3. The van der Waals surface area contributed by atoms with Crippen LogP contribution in [0.5, 0.6) is 0 Å². The van der Waals surface area contributed by atoms with E-state index in [0.717, 1.165) is 0 Å². The highest BCUT2D eigenvalue weighted by Gasteiger charge is 2.53. The summed E-state index contributed by atoms with van der Waals surface area (Å²) < 4.78 is 0. The predicted molar refractivity (Wildman–Crippen MR) is 70.2 cm³/mol. The first-order valence-electron chi connectivity index (χ1n) is 6.38. The molecule has 4 N–H and O–H groups in total. The molecule has 19 heavy (non-hydrogen) atoms. The van der Waals surface area contributed by atoms with Crippen LogP contribution < -0.4 is 21.3 Å². The second-order valence-electron chi connectivity index (χ2n) is 4.72. The molecule has 3 amide bonds. The van der Waals surface area contributed by atoms with Crippen molar-refractivity contribution in [2.45, 2.75) is 19.4 Å². The summed E-state index contributed by atoms with van der Waals surface area (Å²) >= 11 is 0. The van der Waals surface area contributed by atoms with E-state index >= 15 is 0 Å². The summed E-state index contributed by atoms with van der Waals surface area (Å²) in [5, 5.41) is 10.9. The summed E-state index contributed by atoms with van der Waals surface area (Å²) in [6.07, 6.45) is 0. The van der Waals surface area contributed by atoms with Gasteiger partial charge in [-0.15, -0.1) is 0 Å². The Morgan fingerprint density at radius 1 is 1.11 bits per heavy atom. The SMILES string of the molecule is CNC(=O)C(C)C1(C(C)C(=O)NC)NCCNC1=O. The zero-order valence-corrected chi connectivity index (χ0v) is 11.8. The number of rotatable bonds is 4. The molecule has 0 aromatic heterocycles. The van der Waals surface area contributed by atoms with Crippen molar-refractivity contribution in [3.8, 4) is 0 Å². The van der Waals surface area contributed by atoms with Crippen molar-refractivity contribution in [3.05, 3.63) is 0 Å². The molecule has 1 fully saturated rings. The monoisotopic (exact) mass is 270 g/mol. The number of hydrogen-bond donors (Lipinski definition) is 4. The van der Waals surface area contributed by atoms with Crippen LogP contribution >= 0.6 is 0 Å². The molecule has 1 aliphatic rings. The zero-order valence-electron chi connectivity index (χ0n) is 11.8. The molecular formula is C12H22N4O3. The molecule has 2 unspecified atom stereocenters. The average Bonchev–Trinajstić information content (AvgIpc) is 2.44. The Morgan fingerprint density at radius 2 is 1.58 bits per heavy atom. The Hall–Kier alpha value is -1.63. The number of piperazine rings is 1. The Bertz CT molecular complexity index is 361. The quantitative estimate of drug-likeness (QED) is 0.485. The number of nitrogens with one attached hydrogen (secondary N) is 4. The van der Waals surface area contributed by atoms with Gasteiger partial charge in [0.05, 0.1) is 11.8 Å². The molecule has 2 atom stereocenters.